The van der Waals surface area contributed by atoms with Gasteiger partial charge < -0.3 is 9.73 Å². The highest BCUT2D eigenvalue weighted by Crippen LogP contribution is 2.37. The summed E-state index contributed by atoms with van der Waals surface area (Å²) in [5.41, 5.74) is 1.30. The fraction of sp³-hybridized carbons (Fsp3) is 0.762. The highest BCUT2D eigenvalue weighted by molar-refractivity contribution is 5.77. The van der Waals surface area contributed by atoms with Crippen molar-refractivity contribution in [2.75, 3.05) is 32.7 Å². The molecule has 2 heterocycles. The van der Waals surface area contributed by atoms with Crippen LogP contribution in [0.3, 0.4) is 0 Å². The lowest BCUT2D eigenvalue weighted by Crippen LogP contribution is -2.53. The fourth-order valence-corrected chi connectivity index (χ4v) is 4.78. The van der Waals surface area contributed by atoms with E-state index in [2.05, 4.69) is 22.0 Å². The molecule has 1 N–H and O–H groups in total. The predicted octanol–water partition coefficient (Wildman–Crippen LogP) is 3.41. The average Bonchev–Trinajstić information content (AvgIpc) is 3.13. The van der Waals surface area contributed by atoms with Gasteiger partial charge >= 0.3 is 0 Å². The van der Waals surface area contributed by atoms with Gasteiger partial charge in [0.15, 0.2) is 0 Å². The molecule has 1 aromatic rings. The molecule has 1 spiro atoms. The van der Waals surface area contributed by atoms with Crippen LogP contribution in [0.2, 0.25) is 0 Å². The Labute approximate surface area is 158 Å². The van der Waals surface area contributed by atoms with Crippen LogP contribution in [0.1, 0.15) is 63.9 Å². The molecule has 5 nitrogen and oxygen atoms in total. The lowest BCUT2D eigenvalue weighted by atomic mass is 9.77. The van der Waals surface area contributed by atoms with E-state index in [0.29, 0.717) is 6.42 Å². The molecule has 2 aliphatic rings. The van der Waals surface area contributed by atoms with E-state index in [0.717, 1.165) is 52.1 Å². The van der Waals surface area contributed by atoms with Gasteiger partial charge in [0.2, 0.25) is 5.91 Å². The summed E-state index contributed by atoms with van der Waals surface area (Å²) in [6.07, 6.45) is 12.8. The van der Waals surface area contributed by atoms with Crippen molar-refractivity contribution >= 4 is 5.91 Å². The van der Waals surface area contributed by atoms with E-state index in [1.807, 2.05) is 12.3 Å². The van der Waals surface area contributed by atoms with Gasteiger partial charge in [-0.1, -0.05) is 26.2 Å². The number of carbonyl (C=O) groups is 1. The Morgan fingerprint density at radius 3 is 2.73 bits per heavy atom. The number of furan rings is 1. The van der Waals surface area contributed by atoms with Crippen LogP contribution in [0.4, 0.5) is 0 Å². The predicted molar refractivity (Wildman–Crippen MR) is 104 cm³/mol. The maximum atomic E-state index is 12.7. The Bertz CT molecular complexity index is 537. The minimum absolute atomic E-state index is 0.0953. The summed E-state index contributed by atoms with van der Waals surface area (Å²) in [4.78, 5) is 17.8. The van der Waals surface area contributed by atoms with Crippen LogP contribution in [0, 0.1) is 0 Å². The fourth-order valence-electron chi connectivity index (χ4n) is 4.78. The lowest BCUT2D eigenvalue weighted by molar-refractivity contribution is -0.125. The summed E-state index contributed by atoms with van der Waals surface area (Å²) in [5, 5.41) is 3.19. The number of rotatable bonds is 4. The number of nitrogens with one attached hydrogen (secondary N) is 1. The molecule has 0 unspecified atom stereocenters. The van der Waals surface area contributed by atoms with Gasteiger partial charge in [-0.05, 0) is 51.4 Å². The molecular weight excluding hydrogens is 326 g/mol. The zero-order valence-electron chi connectivity index (χ0n) is 16.3. The van der Waals surface area contributed by atoms with Gasteiger partial charge in [-0.15, -0.1) is 0 Å². The van der Waals surface area contributed by atoms with Gasteiger partial charge in [0.05, 0.1) is 12.5 Å². The van der Waals surface area contributed by atoms with E-state index in [1.54, 1.807) is 6.26 Å². The van der Waals surface area contributed by atoms with Crippen molar-refractivity contribution < 1.29 is 9.21 Å². The summed E-state index contributed by atoms with van der Waals surface area (Å²) in [6, 6.07) is 2.03. The molecule has 1 aliphatic heterocycles. The number of amides is 1. The molecular formula is C21H35N3O2. The molecule has 1 amide bonds. The normalized spacial score (nSPS) is 23.5. The van der Waals surface area contributed by atoms with E-state index in [9.17, 15) is 4.79 Å². The molecule has 0 aromatic carbocycles. The van der Waals surface area contributed by atoms with E-state index < -0.39 is 0 Å². The van der Waals surface area contributed by atoms with Crippen LogP contribution in [-0.4, -0.2) is 54.0 Å². The van der Waals surface area contributed by atoms with E-state index in [4.69, 9.17) is 4.42 Å². The molecule has 5 heteroatoms. The van der Waals surface area contributed by atoms with Gasteiger partial charge in [0, 0.05) is 37.2 Å². The Morgan fingerprint density at radius 2 is 2.00 bits per heavy atom. The van der Waals surface area contributed by atoms with Crippen LogP contribution in [0.15, 0.2) is 23.0 Å². The Hall–Kier alpha value is -1.33. The third kappa shape index (κ3) is 5.10. The molecule has 26 heavy (non-hydrogen) atoms. The first-order valence-corrected chi connectivity index (χ1v) is 10.5. The SMILES string of the molecule is CCCN1CCCN(Cc2ccoc2)CCNC(=O)CC12CCCCC2. The van der Waals surface area contributed by atoms with Gasteiger partial charge in [0.25, 0.3) is 0 Å². The molecule has 1 aromatic heterocycles. The van der Waals surface area contributed by atoms with Crippen molar-refractivity contribution in [1.82, 2.24) is 15.1 Å². The third-order valence-electron chi connectivity index (χ3n) is 6.08. The van der Waals surface area contributed by atoms with Crippen molar-refractivity contribution in [2.24, 2.45) is 0 Å². The Kier molecular flexibility index (Phi) is 7.15. The molecule has 2 fully saturated rings. The number of carbonyl (C=O) groups excluding carboxylic acids is 1. The summed E-state index contributed by atoms with van der Waals surface area (Å²) < 4.78 is 5.21. The summed E-state index contributed by atoms with van der Waals surface area (Å²) >= 11 is 0. The average molecular weight is 362 g/mol. The quantitative estimate of drug-likeness (QED) is 0.893. The zero-order chi connectivity index (χ0) is 18.2. The smallest absolute Gasteiger partial charge is 0.221 e. The van der Waals surface area contributed by atoms with Gasteiger partial charge in [-0.25, -0.2) is 0 Å². The van der Waals surface area contributed by atoms with Crippen molar-refractivity contribution in [1.29, 1.82) is 0 Å². The Balaban J connectivity index is 1.70. The monoisotopic (exact) mass is 361 g/mol. The summed E-state index contributed by atoms with van der Waals surface area (Å²) in [5.74, 6) is 0.234. The minimum atomic E-state index is 0.0953. The second-order valence-electron chi connectivity index (χ2n) is 8.06. The standard InChI is InChI=1S/C21H35N3O2/c1-2-11-24-13-6-12-23(17-19-7-15-26-18-19)14-10-22-20(25)16-21(24)8-4-3-5-9-21/h7,15,18H,2-6,8-14,16-17H2,1H3,(H,22,25). The van der Waals surface area contributed by atoms with Gasteiger partial charge in [-0.2, -0.15) is 0 Å². The van der Waals surface area contributed by atoms with E-state index in [1.165, 1.54) is 37.7 Å². The van der Waals surface area contributed by atoms with Crippen LogP contribution in [0.25, 0.3) is 0 Å². The molecule has 0 radical (unpaired) electrons. The number of hydrogen-bond acceptors (Lipinski definition) is 4. The van der Waals surface area contributed by atoms with Crippen LogP contribution >= 0.6 is 0 Å². The molecule has 146 valence electrons. The molecule has 0 bridgehead atoms. The van der Waals surface area contributed by atoms with Gasteiger partial charge in [-0.3, -0.25) is 14.6 Å². The maximum Gasteiger partial charge on any atom is 0.221 e. The molecule has 1 saturated carbocycles. The molecule has 1 saturated heterocycles. The summed E-state index contributed by atoms with van der Waals surface area (Å²) in [6.45, 7) is 8.06. The van der Waals surface area contributed by atoms with Crippen molar-refractivity contribution in [2.45, 2.75) is 70.4 Å². The first-order chi connectivity index (χ1) is 12.7. The maximum absolute atomic E-state index is 12.7. The minimum Gasteiger partial charge on any atom is -0.472 e. The number of nitrogens with zero attached hydrogens (tertiary/aromatic N) is 2. The van der Waals surface area contributed by atoms with Gasteiger partial charge in [0.1, 0.15) is 0 Å². The molecule has 0 atom stereocenters. The van der Waals surface area contributed by atoms with E-state index >= 15 is 0 Å². The lowest BCUT2D eigenvalue weighted by Gasteiger charge is -2.46. The molecule has 3 rings (SSSR count). The van der Waals surface area contributed by atoms with Crippen LogP contribution in [0.5, 0.6) is 0 Å². The van der Waals surface area contributed by atoms with Crippen molar-refractivity contribution in [3.63, 3.8) is 0 Å². The summed E-state index contributed by atoms with van der Waals surface area (Å²) in [7, 11) is 0. The second kappa shape index (κ2) is 9.56. The van der Waals surface area contributed by atoms with Crippen LogP contribution in [-0.2, 0) is 11.3 Å². The third-order valence-corrected chi connectivity index (χ3v) is 6.08. The topological polar surface area (TPSA) is 48.7 Å². The first-order valence-electron chi connectivity index (χ1n) is 10.5. The van der Waals surface area contributed by atoms with Crippen LogP contribution < -0.4 is 5.32 Å². The highest BCUT2D eigenvalue weighted by Gasteiger charge is 2.39. The second-order valence-corrected chi connectivity index (χ2v) is 8.06. The highest BCUT2D eigenvalue weighted by atomic mass is 16.3. The number of hydrogen-bond donors (Lipinski definition) is 1. The first kappa shape index (κ1) is 19.4. The Morgan fingerprint density at radius 1 is 1.15 bits per heavy atom. The largest absolute Gasteiger partial charge is 0.472 e. The van der Waals surface area contributed by atoms with E-state index in [-0.39, 0.29) is 11.4 Å². The van der Waals surface area contributed by atoms with Crippen molar-refractivity contribution in [3.05, 3.63) is 24.2 Å². The van der Waals surface area contributed by atoms with Crippen molar-refractivity contribution in [3.8, 4) is 0 Å². The zero-order valence-corrected chi connectivity index (χ0v) is 16.3. The molecule has 1 aliphatic carbocycles.